The van der Waals surface area contributed by atoms with Crippen LogP contribution in [0, 0.1) is 19.8 Å². The van der Waals surface area contributed by atoms with Crippen molar-refractivity contribution in [2.45, 2.75) is 45.1 Å². The summed E-state index contributed by atoms with van der Waals surface area (Å²) >= 11 is 3.10. The van der Waals surface area contributed by atoms with Crippen LogP contribution in [0.3, 0.4) is 0 Å². The molecule has 3 heterocycles. The zero-order chi connectivity index (χ0) is 18.1. The Labute approximate surface area is 162 Å². The SMILES string of the molecule is Cc1ncc(NC(=O)c2cc(C3CC3NCC3CCOCC3)c(C)s2)s1. The van der Waals surface area contributed by atoms with E-state index in [-0.39, 0.29) is 5.91 Å². The van der Waals surface area contributed by atoms with Gasteiger partial charge < -0.3 is 15.4 Å². The number of hydrogen-bond acceptors (Lipinski definition) is 6. The lowest BCUT2D eigenvalue weighted by Crippen LogP contribution is -2.29. The van der Waals surface area contributed by atoms with Crippen LogP contribution in [0.15, 0.2) is 12.3 Å². The summed E-state index contributed by atoms with van der Waals surface area (Å²) in [6.07, 6.45) is 5.23. The Morgan fingerprint density at radius 1 is 1.31 bits per heavy atom. The molecule has 2 atom stereocenters. The summed E-state index contributed by atoms with van der Waals surface area (Å²) in [5, 5.41) is 8.45. The van der Waals surface area contributed by atoms with Gasteiger partial charge in [-0.05, 0) is 57.2 Å². The van der Waals surface area contributed by atoms with Crippen molar-refractivity contribution in [2.75, 3.05) is 25.1 Å². The molecule has 7 heteroatoms. The van der Waals surface area contributed by atoms with Gasteiger partial charge in [-0.3, -0.25) is 4.79 Å². The molecule has 2 fully saturated rings. The molecule has 2 aromatic rings. The topological polar surface area (TPSA) is 63.2 Å². The second-order valence-corrected chi connectivity index (χ2v) is 9.72. The van der Waals surface area contributed by atoms with Crippen molar-refractivity contribution in [3.8, 4) is 0 Å². The Bertz CT molecular complexity index is 780. The minimum Gasteiger partial charge on any atom is -0.381 e. The number of ether oxygens (including phenoxy) is 1. The molecule has 1 aliphatic heterocycles. The highest BCUT2D eigenvalue weighted by atomic mass is 32.1. The lowest BCUT2D eigenvalue weighted by Gasteiger charge is -2.22. The van der Waals surface area contributed by atoms with E-state index in [4.69, 9.17) is 4.74 Å². The maximum absolute atomic E-state index is 12.5. The molecule has 2 aromatic heterocycles. The van der Waals surface area contributed by atoms with E-state index in [1.165, 1.54) is 41.0 Å². The number of thiophene rings is 1. The van der Waals surface area contributed by atoms with E-state index in [2.05, 4.69) is 28.6 Å². The summed E-state index contributed by atoms with van der Waals surface area (Å²) in [4.78, 5) is 18.7. The van der Waals surface area contributed by atoms with Gasteiger partial charge in [0.25, 0.3) is 5.91 Å². The second kappa shape index (κ2) is 7.76. The van der Waals surface area contributed by atoms with Crippen LogP contribution in [0.5, 0.6) is 0 Å². The van der Waals surface area contributed by atoms with E-state index in [0.717, 1.165) is 40.6 Å². The Balaban J connectivity index is 1.33. The van der Waals surface area contributed by atoms with Gasteiger partial charge in [-0.1, -0.05) is 0 Å². The minimum atomic E-state index is -0.0274. The molecular weight excluding hydrogens is 366 g/mol. The molecule has 0 bridgehead atoms. The largest absolute Gasteiger partial charge is 0.381 e. The van der Waals surface area contributed by atoms with E-state index < -0.39 is 0 Å². The number of carbonyl (C=O) groups is 1. The van der Waals surface area contributed by atoms with Crippen molar-refractivity contribution in [3.63, 3.8) is 0 Å². The summed E-state index contributed by atoms with van der Waals surface area (Å²) in [5.74, 6) is 1.27. The van der Waals surface area contributed by atoms with Gasteiger partial charge in [0.05, 0.1) is 16.1 Å². The summed E-state index contributed by atoms with van der Waals surface area (Å²) in [7, 11) is 0. The number of thiazole rings is 1. The second-order valence-electron chi connectivity index (χ2n) is 7.23. The highest BCUT2D eigenvalue weighted by Crippen LogP contribution is 2.44. The van der Waals surface area contributed by atoms with Crippen LogP contribution >= 0.6 is 22.7 Å². The molecule has 2 aliphatic rings. The van der Waals surface area contributed by atoms with Crippen molar-refractivity contribution in [1.29, 1.82) is 0 Å². The van der Waals surface area contributed by atoms with Crippen molar-refractivity contribution in [1.82, 2.24) is 10.3 Å². The first-order valence-corrected chi connectivity index (χ1v) is 10.9. The van der Waals surface area contributed by atoms with Gasteiger partial charge in [0, 0.05) is 30.1 Å². The van der Waals surface area contributed by atoms with Crippen molar-refractivity contribution >= 4 is 33.6 Å². The molecule has 5 nitrogen and oxygen atoms in total. The van der Waals surface area contributed by atoms with E-state index in [9.17, 15) is 4.79 Å². The van der Waals surface area contributed by atoms with Gasteiger partial charge in [0.15, 0.2) is 0 Å². The van der Waals surface area contributed by atoms with Gasteiger partial charge in [0.2, 0.25) is 0 Å². The molecule has 2 N–H and O–H groups in total. The highest BCUT2D eigenvalue weighted by Gasteiger charge is 2.40. The Morgan fingerprint density at radius 3 is 2.85 bits per heavy atom. The number of hydrogen-bond donors (Lipinski definition) is 2. The zero-order valence-corrected chi connectivity index (χ0v) is 16.8. The van der Waals surface area contributed by atoms with Crippen LogP contribution in [0.1, 0.15) is 50.3 Å². The maximum Gasteiger partial charge on any atom is 0.266 e. The summed E-state index contributed by atoms with van der Waals surface area (Å²) in [6, 6.07) is 2.65. The van der Waals surface area contributed by atoms with Crippen LogP contribution in [-0.4, -0.2) is 36.7 Å². The Hall–Kier alpha value is -1.28. The van der Waals surface area contributed by atoms with Gasteiger partial charge in [0.1, 0.15) is 5.00 Å². The fourth-order valence-electron chi connectivity index (χ4n) is 3.60. The van der Waals surface area contributed by atoms with E-state index in [0.29, 0.717) is 12.0 Å². The van der Waals surface area contributed by atoms with Crippen molar-refractivity contribution in [2.24, 2.45) is 5.92 Å². The molecule has 0 spiro atoms. The monoisotopic (exact) mass is 391 g/mol. The minimum absolute atomic E-state index is 0.0274. The smallest absolute Gasteiger partial charge is 0.266 e. The van der Waals surface area contributed by atoms with Crippen LogP contribution in [0.2, 0.25) is 0 Å². The third kappa shape index (κ3) is 4.17. The molecule has 1 amide bonds. The van der Waals surface area contributed by atoms with E-state index in [1.807, 2.05) is 6.92 Å². The van der Waals surface area contributed by atoms with Gasteiger partial charge in [-0.15, -0.1) is 22.7 Å². The lowest BCUT2D eigenvalue weighted by atomic mass is 10.0. The number of carbonyl (C=O) groups excluding carboxylic acids is 1. The molecule has 4 rings (SSSR count). The summed E-state index contributed by atoms with van der Waals surface area (Å²) < 4.78 is 5.43. The van der Waals surface area contributed by atoms with Crippen molar-refractivity contribution < 1.29 is 9.53 Å². The van der Waals surface area contributed by atoms with Crippen molar-refractivity contribution in [3.05, 3.63) is 32.6 Å². The fraction of sp³-hybridized carbons (Fsp3) is 0.579. The first kappa shape index (κ1) is 18.1. The summed E-state index contributed by atoms with van der Waals surface area (Å²) in [6.45, 7) is 6.96. The molecule has 1 aliphatic carbocycles. The predicted octanol–water partition coefficient (Wildman–Crippen LogP) is 3.95. The van der Waals surface area contributed by atoms with Gasteiger partial charge in [-0.2, -0.15) is 0 Å². The normalized spacial score (nSPS) is 23.2. The van der Waals surface area contributed by atoms with E-state index >= 15 is 0 Å². The molecule has 140 valence electrons. The van der Waals surface area contributed by atoms with Gasteiger partial charge in [-0.25, -0.2) is 4.98 Å². The third-order valence-electron chi connectivity index (χ3n) is 5.24. The number of amides is 1. The predicted molar refractivity (Wildman–Crippen MR) is 107 cm³/mol. The maximum atomic E-state index is 12.5. The van der Waals surface area contributed by atoms with Crippen LogP contribution in [0.25, 0.3) is 0 Å². The quantitative estimate of drug-likeness (QED) is 0.783. The molecule has 2 unspecified atom stereocenters. The molecule has 0 aromatic carbocycles. The average molecular weight is 392 g/mol. The first-order valence-electron chi connectivity index (χ1n) is 9.25. The van der Waals surface area contributed by atoms with Crippen LogP contribution in [0.4, 0.5) is 5.00 Å². The fourth-order valence-corrected chi connectivity index (χ4v) is 5.26. The number of aromatic nitrogens is 1. The van der Waals surface area contributed by atoms with E-state index in [1.54, 1.807) is 17.5 Å². The number of nitrogens with zero attached hydrogens (tertiary/aromatic N) is 1. The molecule has 1 saturated heterocycles. The highest BCUT2D eigenvalue weighted by molar-refractivity contribution is 7.16. The Kier molecular flexibility index (Phi) is 5.40. The summed E-state index contributed by atoms with van der Waals surface area (Å²) in [5.41, 5.74) is 1.34. The Morgan fingerprint density at radius 2 is 2.12 bits per heavy atom. The number of rotatable bonds is 6. The lowest BCUT2D eigenvalue weighted by molar-refractivity contribution is 0.0662. The average Bonchev–Trinajstić information content (AvgIpc) is 3.12. The van der Waals surface area contributed by atoms with Crippen LogP contribution < -0.4 is 10.6 Å². The molecule has 1 saturated carbocycles. The first-order chi connectivity index (χ1) is 12.6. The number of anilines is 1. The molecule has 0 radical (unpaired) electrons. The number of nitrogens with one attached hydrogen (secondary N) is 2. The zero-order valence-electron chi connectivity index (χ0n) is 15.2. The standard InChI is InChI=1S/C19H25N3O2S2/c1-11-14(15-7-16(15)21-9-13-3-5-24-6-4-13)8-17(25-11)19(23)22-18-10-20-12(2)26-18/h8,10,13,15-16,21H,3-7,9H2,1-2H3,(H,22,23). The van der Waals surface area contributed by atoms with Gasteiger partial charge >= 0.3 is 0 Å². The number of aryl methyl sites for hydroxylation is 2. The van der Waals surface area contributed by atoms with Crippen LogP contribution in [-0.2, 0) is 4.74 Å². The molecule has 26 heavy (non-hydrogen) atoms. The third-order valence-corrected chi connectivity index (χ3v) is 7.13. The molecular formula is C19H25N3O2S2.